The van der Waals surface area contributed by atoms with Crippen molar-refractivity contribution in [1.82, 2.24) is 10.6 Å². The number of rotatable bonds is 7. The molecule has 2 aromatic carbocycles. The lowest BCUT2D eigenvalue weighted by Crippen LogP contribution is -2.38. The molecule has 26 heavy (non-hydrogen) atoms. The molecule has 0 saturated carbocycles. The van der Waals surface area contributed by atoms with Gasteiger partial charge in [0.2, 0.25) is 0 Å². The first-order valence-corrected chi connectivity index (χ1v) is 8.22. The summed E-state index contributed by atoms with van der Waals surface area (Å²) in [5, 5.41) is 6.21. The number of methoxy groups -OCH3 is 1. The minimum atomic E-state index is -0.526. The minimum absolute atomic E-state index is 0. The number of benzene rings is 2. The molecular formula is C19H24F2IN3O. The van der Waals surface area contributed by atoms with E-state index in [9.17, 15) is 8.78 Å². The Bertz CT molecular complexity index is 688. The number of nitrogens with zero attached hydrogens (tertiary/aromatic N) is 1. The highest BCUT2D eigenvalue weighted by Gasteiger charge is 2.08. The monoisotopic (exact) mass is 475 g/mol. The van der Waals surface area contributed by atoms with Crippen LogP contribution in [0, 0.1) is 11.6 Å². The van der Waals surface area contributed by atoms with Gasteiger partial charge in [0.1, 0.15) is 17.4 Å². The van der Waals surface area contributed by atoms with Crippen molar-refractivity contribution in [3.63, 3.8) is 0 Å². The SMILES string of the molecule is CCNC(=NCc1ccc(OC)cc1)NCCc1c(F)cccc1F.I. The van der Waals surface area contributed by atoms with Crippen molar-refractivity contribution in [2.75, 3.05) is 20.2 Å². The van der Waals surface area contributed by atoms with Crippen LogP contribution in [0.1, 0.15) is 18.1 Å². The topological polar surface area (TPSA) is 45.7 Å². The zero-order valence-corrected chi connectivity index (χ0v) is 17.2. The Labute approximate surface area is 170 Å². The van der Waals surface area contributed by atoms with Gasteiger partial charge in [0.25, 0.3) is 0 Å². The molecule has 0 amide bonds. The van der Waals surface area contributed by atoms with E-state index in [1.165, 1.54) is 18.2 Å². The zero-order valence-electron chi connectivity index (χ0n) is 14.9. The molecule has 4 nitrogen and oxygen atoms in total. The van der Waals surface area contributed by atoms with Gasteiger partial charge in [-0.05, 0) is 43.2 Å². The largest absolute Gasteiger partial charge is 0.497 e. The molecular weight excluding hydrogens is 451 g/mol. The van der Waals surface area contributed by atoms with E-state index in [2.05, 4.69) is 15.6 Å². The van der Waals surface area contributed by atoms with Crippen LogP contribution in [0.15, 0.2) is 47.5 Å². The molecule has 0 saturated heterocycles. The smallest absolute Gasteiger partial charge is 0.191 e. The molecule has 0 aliphatic carbocycles. The lowest BCUT2D eigenvalue weighted by atomic mass is 10.1. The molecule has 0 heterocycles. The van der Waals surface area contributed by atoms with E-state index in [0.717, 1.165) is 11.3 Å². The lowest BCUT2D eigenvalue weighted by Gasteiger charge is -2.12. The molecule has 0 unspecified atom stereocenters. The van der Waals surface area contributed by atoms with Gasteiger partial charge < -0.3 is 15.4 Å². The fraction of sp³-hybridized carbons (Fsp3) is 0.316. The van der Waals surface area contributed by atoms with Crippen LogP contribution in [0.3, 0.4) is 0 Å². The number of guanidine groups is 1. The molecule has 0 radical (unpaired) electrons. The Hall–Kier alpha value is -1.90. The summed E-state index contributed by atoms with van der Waals surface area (Å²) >= 11 is 0. The van der Waals surface area contributed by atoms with Gasteiger partial charge in [-0.15, -0.1) is 24.0 Å². The number of hydrogen-bond donors (Lipinski definition) is 2. The Morgan fingerprint density at radius 2 is 1.69 bits per heavy atom. The van der Waals surface area contributed by atoms with E-state index in [0.29, 0.717) is 25.6 Å². The fourth-order valence-corrected chi connectivity index (χ4v) is 2.32. The van der Waals surface area contributed by atoms with Gasteiger partial charge in [0.05, 0.1) is 13.7 Å². The molecule has 142 valence electrons. The summed E-state index contributed by atoms with van der Waals surface area (Å²) in [5.41, 5.74) is 1.12. The lowest BCUT2D eigenvalue weighted by molar-refractivity contribution is 0.414. The molecule has 0 spiro atoms. The van der Waals surface area contributed by atoms with E-state index < -0.39 is 11.6 Å². The highest BCUT2D eigenvalue weighted by Crippen LogP contribution is 2.13. The molecule has 0 fully saturated rings. The molecule has 0 aliphatic rings. The van der Waals surface area contributed by atoms with Gasteiger partial charge in [-0.3, -0.25) is 0 Å². The Morgan fingerprint density at radius 3 is 2.27 bits per heavy atom. The van der Waals surface area contributed by atoms with Crippen LogP contribution in [0.4, 0.5) is 8.78 Å². The Balaban J connectivity index is 0.00000338. The zero-order chi connectivity index (χ0) is 18.1. The average molecular weight is 475 g/mol. The van der Waals surface area contributed by atoms with Crippen molar-refractivity contribution in [1.29, 1.82) is 0 Å². The van der Waals surface area contributed by atoms with E-state index >= 15 is 0 Å². The normalized spacial score (nSPS) is 10.8. The summed E-state index contributed by atoms with van der Waals surface area (Å²) in [6.45, 7) is 3.53. The standard InChI is InChI=1S/C19H23F2N3O.HI/c1-3-22-19(24-13-14-7-9-15(25-2)10-8-14)23-12-11-16-17(20)5-4-6-18(16)21;/h4-10H,3,11-13H2,1-2H3,(H2,22,23,24);1H. The predicted octanol–water partition coefficient (Wildman–Crippen LogP) is 3.89. The third kappa shape index (κ3) is 6.78. The number of aliphatic imine (C=N–C) groups is 1. The maximum absolute atomic E-state index is 13.6. The molecule has 2 aromatic rings. The van der Waals surface area contributed by atoms with Gasteiger partial charge in [0.15, 0.2) is 5.96 Å². The van der Waals surface area contributed by atoms with Gasteiger partial charge in [-0.25, -0.2) is 13.8 Å². The van der Waals surface area contributed by atoms with Crippen molar-refractivity contribution < 1.29 is 13.5 Å². The first kappa shape index (κ1) is 22.1. The van der Waals surface area contributed by atoms with Crippen LogP contribution in [-0.2, 0) is 13.0 Å². The number of nitrogens with one attached hydrogen (secondary N) is 2. The first-order valence-electron chi connectivity index (χ1n) is 8.22. The van der Waals surface area contributed by atoms with Crippen LogP contribution >= 0.6 is 24.0 Å². The van der Waals surface area contributed by atoms with Gasteiger partial charge in [0, 0.05) is 18.7 Å². The van der Waals surface area contributed by atoms with Crippen LogP contribution in [-0.4, -0.2) is 26.2 Å². The van der Waals surface area contributed by atoms with Gasteiger partial charge >= 0.3 is 0 Å². The van der Waals surface area contributed by atoms with Crippen molar-refractivity contribution in [2.45, 2.75) is 19.9 Å². The molecule has 0 aromatic heterocycles. The van der Waals surface area contributed by atoms with Crippen molar-refractivity contribution in [2.24, 2.45) is 4.99 Å². The van der Waals surface area contributed by atoms with Crippen LogP contribution in [0.2, 0.25) is 0 Å². The minimum Gasteiger partial charge on any atom is -0.497 e. The maximum Gasteiger partial charge on any atom is 0.191 e. The number of hydrogen-bond acceptors (Lipinski definition) is 2. The van der Waals surface area contributed by atoms with E-state index in [4.69, 9.17) is 4.74 Å². The second-order valence-corrected chi connectivity index (χ2v) is 5.42. The first-order chi connectivity index (χ1) is 12.1. The number of ether oxygens (including phenoxy) is 1. The Kier molecular flexibility index (Phi) is 9.93. The van der Waals surface area contributed by atoms with Crippen molar-refractivity contribution in [3.8, 4) is 5.75 Å². The molecule has 2 rings (SSSR count). The molecule has 2 N–H and O–H groups in total. The number of halogens is 3. The summed E-state index contributed by atoms with van der Waals surface area (Å²) in [7, 11) is 1.62. The highest BCUT2D eigenvalue weighted by molar-refractivity contribution is 14.0. The van der Waals surface area contributed by atoms with E-state index in [1.807, 2.05) is 31.2 Å². The van der Waals surface area contributed by atoms with Crippen molar-refractivity contribution >= 4 is 29.9 Å². The third-order valence-electron chi connectivity index (χ3n) is 3.65. The Morgan fingerprint density at radius 1 is 1.04 bits per heavy atom. The fourth-order valence-electron chi connectivity index (χ4n) is 2.32. The summed E-state index contributed by atoms with van der Waals surface area (Å²) in [5.74, 6) is 0.351. The van der Waals surface area contributed by atoms with Crippen LogP contribution < -0.4 is 15.4 Å². The predicted molar refractivity (Wildman–Crippen MR) is 111 cm³/mol. The third-order valence-corrected chi connectivity index (χ3v) is 3.65. The highest BCUT2D eigenvalue weighted by atomic mass is 127. The van der Waals surface area contributed by atoms with Crippen molar-refractivity contribution in [3.05, 3.63) is 65.2 Å². The average Bonchev–Trinajstić information content (AvgIpc) is 2.62. The summed E-state index contributed by atoms with van der Waals surface area (Å²) < 4.78 is 32.4. The summed E-state index contributed by atoms with van der Waals surface area (Å²) in [6.07, 6.45) is 0.242. The van der Waals surface area contributed by atoms with Crippen LogP contribution in [0.25, 0.3) is 0 Å². The van der Waals surface area contributed by atoms with Gasteiger partial charge in [-0.1, -0.05) is 18.2 Å². The maximum atomic E-state index is 13.6. The molecule has 7 heteroatoms. The quantitative estimate of drug-likeness (QED) is 0.363. The second kappa shape index (κ2) is 11.7. The van der Waals surface area contributed by atoms with E-state index in [-0.39, 0.29) is 36.0 Å². The molecule has 0 bridgehead atoms. The molecule has 0 atom stereocenters. The van der Waals surface area contributed by atoms with Crippen LogP contribution in [0.5, 0.6) is 5.75 Å². The summed E-state index contributed by atoms with van der Waals surface area (Å²) in [6, 6.07) is 11.5. The summed E-state index contributed by atoms with van der Waals surface area (Å²) in [4.78, 5) is 4.48. The van der Waals surface area contributed by atoms with E-state index in [1.54, 1.807) is 7.11 Å². The second-order valence-electron chi connectivity index (χ2n) is 5.42. The molecule has 0 aliphatic heterocycles. The van der Waals surface area contributed by atoms with Gasteiger partial charge in [-0.2, -0.15) is 0 Å².